The first kappa shape index (κ1) is 26.3. The van der Waals surface area contributed by atoms with E-state index in [1.54, 1.807) is 0 Å². The number of aliphatic hydroxyl groups is 2. The predicted octanol–water partition coefficient (Wildman–Crippen LogP) is -5.65. The maximum atomic E-state index is 10.1. The zero-order valence-electron chi connectivity index (χ0n) is 11.9. The van der Waals surface area contributed by atoms with Crippen molar-refractivity contribution in [3.8, 4) is 0 Å². The Morgan fingerprint density at radius 2 is 1.90 bits per heavy atom. The molecule has 12 heteroatoms. The average Bonchev–Trinajstić information content (AvgIpc) is 2.35. The van der Waals surface area contributed by atoms with Gasteiger partial charge in [0.15, 0.2) is 0 Å². The minimum absolute atomic E-state index is 0. The number of unbranched alkanes of at least 4 members (excludes halogenated alkanes) is 1. The molecule has 0 aromatic carbocycles. The summed E-state index contributed by atoms with van der Waals surface area (Å²) in [5.41, 5.74) is 10.4. The summed E-state index contributed by atoms with van der Waals surface area (Å²) >= 11 is 0. The summed E-state index contributed by atoms with van der Waals surface area (Å²) in [6.07, 6.45) is 0.881. The Labute approximate surface area is 145 Å². The molecule has 8 N–H and O–H groups in total. The van der Waals surface area contributed by atoms with Crippen molar-refractivity contribution in [3.05, 3.63) is 0 Å². The molecule has 0 bridgehead atoms. The standard InChI is InChI=1S/C6H14N2O2.C3H9O6P.Na/c7-4-2-1-3-5(8)6(9)10;4-1-3(5)2-9-10(6,7)8;/h5H,1-4,7-8H2,(H,9,10);3-5H,1-2H2,(H2,6,7,8);/q;;+1/p-1/t5-;;/m0../s1. The molecule has 0 aliphatic rings. The molecule has 0 aliphatic carbocycles. The van der Waals surface area contributed by atoms with Gasteiger partial charge in [-0.1, -0.05) is 6.42 Å². The molecule has 0 heterocycles. The second kappa shape index (κ2) is 15.3. The van der Waals surface area contributed by atoms with Crippen molar-refractivity contribution in [2.45, 2.75) is 31.4 Å². The molecule has 0 radical (unpaired) electrons. The molecule has 21 heavy (non-hydrogen) atoms. The molecule has 122 valence electrons. The van der Waals surface area contributed by atoms with Gasteiger partial charge in [0.05, 0.1) is 13.2 Å². The molecule has 0 aliphatic heterocycles. The van der Waals surface area contributed by atoms with Crippen LogP contribution < -0.4 is 45.9 Å². The second-order valence-electron chi connectivity index (χ2n) is 3.83. The quantitative estimate of drug-likeness (QED) is 0.133. The van der Waals surface area contributed by atoms with Crippen LogP contribution in [-0.4, -0.2) is 58.1 Å². The van der Waals surface area contributed by atoms with E-state index in [1.165, 1.54) is 0 Å². The van der Waals surface area contributed by atoms with E-state index in [0.717, 1.165) is 12.8 Å². The topological polar surface area (TPSA) is 199 Å². The fourth-order valence-corrected chi connectivity index (χ4v) is 1.23. The summed E-state index contributed by atoms with van der Waals surface area (Å²) in [5, 5.41) is 24.9. The van der Waals surface area contributed by atoms with Gasteiger partial charge in [-0.05, 0) is 19.4 Å². The van der Waals surface area contributed by atoms with E-state index in [9.17, 15) is 14.3 Å². The van der Waals surface area contributed by atoms with E-state index >= 15 is 0 Å². The summed E-state index contributed by atoms with van der Waals surface area (Å²) in [5.74, 6) is -0.933. The van der Waals surface area contributed by atoms with Crippen LogP contribution in [0.15, 0.2) is 0 Å². The SMILES string of the molecule is NCCCC[C@H](N)C(=O)O.O=P([O-])(O)OCC(O)CO.[Na+]. The second-order valence-corrected chi connectivity index (χ2v) is 5.03. The third kappa shape index (κ3) is 22.8. The van der Waals surface area contributed by atoms with E-state index in [2.05, 4.69) is 4.52 Å². The Balaban J connectivity index is -0.000000295. The van der Waals surface area contributed by atoms with Crippen molar-refractivity contribution in [1.82, 2.24) is 0 Å². The minimum Gasteiger partial charge on any atom is -0.756 e. The third-order valence-electron chi connectivity index (χ3n) is 1.93. The van der Waals surface area contributed by atoms with Gasteiger partial charge >= 0.3 is 35.5 Å². The largest absolute Gasteiger partial charge is 1.00 e. The van der Waals surface area contributed by atoms with Gasteiger partial charge in [-0.15, -0.1) is 0 Å². The van der Waals surface area contributed by atoms with Crippen LogP contribution in [0.2, 0.25) is 0 Å². The van der Waals surface area contributed by atoms with Crippen molar-refractivity contribution >= 4 is 13.8 Å². The van der Waals surface area contributed by atoms with E-state index < -0.39 is 39.2 Å². The molecule has 0 aromatic heterocycles. The normalized spacial score (nSPS) is 15.7. The van der Waals surface area contributed by atoms with E-state index in [0.29, 0.717) is 13.0 Å². The van der Waals surface area contributed by atoms with Crippen LogP contribution in [0.3, 0.4) is 0 Å². The number of phosphoric acid groups is 1. The third-order valence-corrected chi connectivity index (χ3v) is 2.40. The molecule has 0 saturated heterocycles. The monoisotopic (exact) mass is 340 g/mol. The molecule has 0 amide bonds. The van der Waals surface area contributed by atoms with E-state index in [4.69, 9.17) is 31.7 Å². The van der Waals surface area contributed by atoms with Gasteiger partial charge in [0.25, 0.3) is 7.82 Å². The number of phosphoric ester groups is 1. The van der Waals surface area contributed by atoms with Crippen molar-refractivity contribution in [2.24, 2.45) is 11.5 Å². The maximum absolute atomic E-state index is 10.1. The van der Waals surface area contributed by atoms with Crippen molar-refractivity contribution in [2.75, 3.05) is 19.8 Å². The Bertz CT molecular complexity index is 303. The molecule has 0 spiro atoms. The number of rotatable bonds is 9. The number of carbonyl (C=O) groups is 1. The molecule has 2 unspecified atom stereocenters. The molecular weight excluding hydrogens is 318 g/mol. The Hall–Kier alpha value is 0.420. The molecule has 0 rings (SSSR count). The summed E-state index contributed by atoms with van der Waals surface area (Å²) in [6.45, 7) is -0.639. The first-order valence-electron chi connectivity index (χ1n) is 5.79. The molecule has 0 aromatic rings. The predicted molar refractivity (Wildman–Crippen MR) is 67.4 cm³/mol. The zero-order chi connectivity index (χ0) is 16.2. The smallest absolute Gasteiger partial charge is 0.756 e. The number of nitrogens with two attached hydrogens (primary N) is 2. The van der Waals surface area contributed by atoms with Gasteiger partial charge in [-0.25, -0.2) is 0 Å². The average molecular weight is 340 g/mol. The molecule has 3 atom stereocenters. The first-order valence-corrected chi connectivity index (χ1v) is 7.29. The summed E-state index contributed by atoms with van der Waals surface area (Å²) < 4.78 is 13.5. The molecule has 0 saturated carbocycles. The molecule has 0 fully saturated rings. The molecule has 10 nitrogen and oxygen atoms in total. The van der Waals surface area contributed by atoms with Gasteiger partial charge in [-0.3, -0.25) is 9.36 Å². The number of hydrogen-bond acceptors (Lipinski definition) is 8. The van der Waals surface area contributed by atoms with Crippen molar-refractivity contribution in [3.63, 3.8) is 0 Å². The van der Waals surface area contributed by atoms with E-state index in [-0.39, 0.29) is 29.6 Å². The van der Waals surface area contributed by atoms with Crippen LogP contribution in [0.4, 0.5) is 0 Å². The minimum atomic E-state index is -4.75. The Kier molecular flexibility index (Phi) is 19.2. The number of carboxylic acids is 1. The van der Waals surface area contributed by atoms with Gasteiger partial charge in [0, 0.05) is 0 Å². The fourth-order valence-electron chi connectivity index (χ4n) is 0.865. The van der Waals surface area contributed by atoms with Crippen molar-refractivity contribution in [1.29, 1.82) is 0 Å². The Morgan fingerprint density at radius 3 is 2.24 bits per heavy atom. The van der Waals surface area contributed by atoms with Crippen LogP contribution in [0, 0.1) is 0 Å². The van der Waals surface area contributed by atoms with Crippen molar-refractivity contribution < 1.29 is 68.5 Å². The molecular formula is C9H22N2NaO8P. The number of carboxylic acid groups (broad SMARTS) is 1. The van der Waals surface area contributed by atoms with Crippen LogP contribution in [0.1, 0.15) is 19.3 Å². The number of aliphatic hydroxyl groups excluding tert-OH is 2. The number of aliphatic carboxylic acids is 1. The van der Waals surface area contributed by atoms with Crippen LogP contribution in [-0.2, 0) is 13.9 Å². The van der Waals surface area contributed by atoms with Gasteiger partial charge in [0.2, 0.25) is 0 Å². The number of hydrogen-bond donors (Lipinski definition) is 6. The summed E-state index contributed by atoms with van der Waals surface area (Å²) in [6, 6.07) is -0.716. The fraction of sp³-hybridized carbons (Fsp3) is 0.889. The van der Waals surface area contributed by atoms with Gasteiger partial charge in [0.1, 0.15) is 12.1 Å². The van der Waals surface area contributed by atoms with E-state index in [1.807, 2.05) is 0 Å². The van der Waals surface area contributed by atoms with Crippen LogP contribution in [0.25, 0.3) is 0 Å². The maximum Gasteiger partial charge on any atom is 1.00 e. The van der Waals surface area contributed by atoms with Crippen LogP contribution in [0.5, 0.6) is 0 Å². The summed E-state index contributed by atoms with van der Waals surface area (Å²) in [7, 11) is -4.75. The first-order chi connectivity index (χ1) is 9.14. The van der Waals surface area contributed by atoms with Crippen LogP contribution >= 0.6 is 7.82 Å². The van der Waals surface area contributed by atoms with Gasteiger partial charge < -0.3 is 41.1 Å². The summed E-state index contributed by atoms with van der Waals surface area (Å²) in [4.78, 5) is 27.9. The van der Waals surface area contributed by atoms with Gasteiger partial charge in [-0.2, -0.15) is 0 Å². The zero-order valence-corrected chi connectivity index (χ0v) is 14.8. The Morgan fingerprint density at radius 1 is 1.38 bits per heavy atom.